The average molecular weight is 177 g/mol. The van der Waals surface area contributed by atoms with E-state index in [1.165, 1.54) is 0 Å². The van der Waals surface area contributed by atoms with Crippen LogP contribution in [0.5, 0.6) is 5.75 Å². The summed E-state index contributed by atoms with van der Waals surface area (Å²) in [5.41, 5.74) is 7.26. The van der Waals surface area contributed by atoms with Crippen LogP contribution in [0.15, 0.2) is 24.3 Å². The summed E-state index contributed by atoms with van der Waals surface area (Å²) in [5.74, 6) is 0.342. The maximum Gasteiger partial charge on any atom is 0.119 e. The van der Waals surface area contributed by atoms with Crippen LogP contribution in [0.2, 0.25) is 0 Å². The van der Waals surface area contributed by atoms with E-state index in [0.717, 1.165) is 17.5 Å². The van der Waals surface area contributed by atoms with Crippen molar-refractivity contribution in [2.24, 2.45) is 5.73 Å². The van der Waals surface area contributed by atoms with Crippen molar-refractivity contribution in [2.75, 3.05) is 6.54 Å². The van der Waals surface area contributed by atoms with Gasteiger partial charge >= 0.3 is 0 Å². The summed E-state index contributed by atoms with van der Waals surface area (Å²) in [4.78, 5) is 0. The molecule has 1 aromatic carbocycles. The van der Waals surface area contributed by atoms with E-state index in [0.29, 0.717) is 12.3 Å². The van der Waals surface area contributed by atoms with E-state index in [2.05, 4.69) is 0 Å². The molecule has 0 saturated carbocycles. The predicted octanol–water partition coefficient (Wildman–Crippen LogP) is 2.06. The molecule has 3 N–H and O–H groups in total. The van der Waals surface area contributed by atoms with Crippen LogP contribution in [0, 0.1) is 6.92 Å². The van der Waals surface area contributed by atoms with Gasteiger partial charge in [0.15, 0.2) is 0 Å². The third kappa shape index (κ3) is 2.92. The molecular weight excluding hydrogens is 162 g/mol. The zero-order valence-electron chi connectivity index (χ0n) is 7.83. The Balaban J connectivity index is 2.73. The minimum absolute atomic E-state index is 0.342. The third-order valence-electron chi connectivity index (χ3n) is 1.88. The molecule has 0 aromatic heterocycles. The molecule has 0 aliphatic heterocycles. The molecule has 0 bridgehead atoms. The van der Waals surface area contributed by atoms with Gasteiger partial charge < -0.3 is 10.8 Å². The highest BCUT2D eigenvalue weighted by molar-refractivity contribution is 5.53. The SMILES string of the molecule is Cc1ccc(C=CCCN)cc1O. The van der Waals surface area contributed by atoms with Gasteiger partial charge in [0.05, 0.1) is 0 Å². The summed E-state index contributed by atoms with van der Waals surface area (Å²) in [6.45, 7) is 2.54. The summed E-state index contributed by atoms with van der Waals surface area (Å²) in [5, 5.41) is 9.40. The summed E-state index contributed by atoms with van der Waals surface area (Å²) >= 11 is 0. The minimum atomic E-state index is 0.342. The van der Waals surface area contributed by atoms with Gasteiger partial charge in [0, 0.05) is 0 Å². The van der Waals surface area contributed by atoms with E-state index in [4.69, 9.17) is 5.73 Å². The number of phenols is 1. The van der Waals surface area contributed by atoms with Crippen molar-refractivity contribution in [3.63, 3.8) is 0 Å². The first kappa shape index (κ1) is 9.81. The fourth-order valence-corrected chi connectivity index (χ4v) is 1.05. The van der Waals surface area contributed by atoms with Crippen LogP contribution in [0.4, 0.5) is 0 Å². The standard InChI is InChI=1S/C11H15NO/c1-9-5-6-10(8-11(9)13)4-2-3-7-12/h2,4-6,8,13H,3,7,12H2,1H3. The number of rotatable bonds is 3. The Hall–Kier alpha value is -1.28. The Labute approximate surface area is 78.7 Å². The van der Waals surface area contributed by atoms with Crippen molar-refractivity contribution in [1.29, 1.82) is 0 Å². The van der Waals surface area contributed by atoms with Crippen molar-refractivity contribution in [2.45, 2.75) is 13.3 Å². The van der Waals surface area contributed by atoms with Gasteiger partial charge in [-0.3, -0.25) is 0 Å². The van der Waals surface area contributed by atoms with Gasteiger partial charge in [0.1, 0.15) is 5.75 Å². The fourth-order valence-electron chi connectivity index (χ4n) is 1.05. The van der Waals surface area contributed by atoms with Crippen LogP contribution >= 0.6 is 0 Å². The van der Waals surface area contributed by atoms with Crippen molar-refractivity contribution < 1.29 is 5.11 Å². The molecule has 0 heterocycles. The van der Waals surface area contributed by atoms with Gasteiger partial charge in [-0.2, -0.15) is 0 Å². The largest absolute Gasteiger partial charge is 0.508 e. The second kappa shape index (κ2) is 4.67. The smallest absolute Gasteiger partial charge is 0.119 e. The van der Waals surface area contributed by atoms with Crippen molar-refractivity contribution >= 4 is 6.08 Å². The Morgan fingerprint density at radius 2 is 2.23 bits per heavy atom. The van der Waals surface area contributed by atoms with Crippen LogP contribution < -0.4 is 5.73 Å². The van der Waals surface area contributed by atoms with Crippen molar-refractivity contribution in [1.82, 2.24) is 0 Å². The van der Waals surface area contributed by atoms with E-state index in [1.807, 2.05) is 31.2 Å². The molecule has 0 fully saturated rings. The van der Waals surface area contributed by atoms with Crippen LogP contribution in [0.3, 0.4) is 0 Å². The van der Waals surface area contributed by atoms with Gasteiger partial charge in [0.2, 0.25) is 0 Å². The van der Waals surface area contributed by atoms with Gasteiger partial charge in [0.25, 0.3) is 0 Å². The monoisotopic (exact) mass is 177 g/mol. The normalized spacial score (nSPS) is 10.9. The van der Waals surface area contributed by atoms with Gasteiger partial charge in [-0.1, -0.05) is 24.3 Å². The van der Waals surface area contributed by atoms with E-state index in [1.54, 1.807) is 6.07 Å². The van der Waals surface area contributed by atoms with Gasteiger partial charge in [-0.05, 0) is 37.1 Å². The molecule has 0 radical (unpaired) electrons. The van der Waals surface area contributed by atoms with Crippen LogP contribution in [0.1, 0.15) is 17.5 Å². The lowest BCUT2D eigenvalue weighted by Gasteiger charge is -1.99. The summed E-state index contributed by atoms with van der Waals surface area (Å²) in [6, 6.07) is 5.63. The van der Waals surface area contributed by atoms with Crippen molar-refractivity contribution in [3.05, 3.63) is 35.4 Å². The molecule has 0 spiro atoms. The van der Waals surface area contributed by atoms with Crippen LogP contribution in [-0.2, 0) is 0 Å². The van der Waals surface area contributed by atoms with Gasteiger partial charge in [-0.15, -0.1) is 0 Å². The Morgan fingerprint density at radius 1 is 1.46 bits per heavy atom. The molecule has 0 unspecified atom stereocenters. The van der Waals surface area contributed by atoms with Crippen molar-refractivity contribution in [3.8, 4) is 5.75 Å². The zero-order chi connectivity index (χ0) is 9.68. The molecule has 0 saturated heterocycles. The Kier molecular flexibility index (Phi) is 3.53. The molecule has 13 heavy (non-hydrogen) atoms. The molecular formula is C11H15NO. The minimum Gasteiger partial charge on any atom is -0.508 e. The average Bonchev–Trinajstić information content (AvgIpc) is 2.12. The molecule has 70 valence electrons. The molecule has 2 heteroatoms. The second-order valence-electron chi connectivity index (χ2n) is 3.03. The zero-order valence-corrected chi connectivity index (χ0v) is 7.83. The maximum absolute atomic E-state index is 9.40. The topological polar surface area (TPSA) is 46.2 Å². The first-order chi connectivity index (χ1) is 6.24. The first-order valence-electron chi connectivity index (χ1n) is 4.40. The highest BCUT2D eigenvalue weighted by Gasteiger charge is 1.94. The number of nitrogens with two attached hydrogens (primary N) is 1. The summed E-state index contributed by atoms with van der Waals surface area (Å²) in [7, 11) is 0. The lowest BCUT2D eigenvalue weighted by atomic mass is 10.1. The fraction of sp³-hybridized carbons (Fsp3) is 0.273. The van der Waals surface area contributed by atoms with E-state index >= 15 is 0 Å². The number of benzene rings is 1. The molecule has 0 aliphatic carbocycles. The Bertz CT molecular complexity index is 305. The van der Waals surface area contributed by atoms with Crippen LogP contribution in [0.25, 0.3) is 6.08 Å². The number of phenolic OH excluding ortho intramolecular Hbond substituents is 1. The Morgan fingerprint density at radius 3 is 2.85 bits per heavy atom. The number of hydrogen-bond acceptors (Lipinski definition) is 2. The molecule has 1 rings (SSSR count). The van der Waals surface area contributed by atoms with E-state index in [9.17, 15) is 5.11 Å². The third-order valence-corrected chi connectivity index (χ3v) is 1.88. The first-order valence-corrected chi connectivity index (χ1v) is 4.40. The summed E-state index contributed by atoms with van der Waals surface area (Å²) in [6.07, 6.45) is 4.84. The number of aryl methyl sites for hydroxylation is 1. The van der Waals surface area contributed by atoms with E-state index in [-0.39, 0.29) is 0 Å². The lowest BCUT2D eigenvalue weighted by Crippen LogP contribution is -1.94. The van der Waals surface area contributed by atoms with Crippen LogP contribution in [-0.4, -0.2) is 11.7 Å². The summed E-state index contributed by atoms with van der Waals surface area (Å²) < 4.78 is 0. The predicted molar refractivity (Wildman–Crippen MR) is 55.5 cm³/mol. The highest BCUT2D eigenvalue weighted by Crippen LogP contribution is 2.18. The molecule has 0 atom stereocenters. The van der Waals surface area contributed by atoms with E-state index < -0.39 is 0 Å². The second-order valence-corrected chi connectivity index (χ2v) is 3.03. The number of hydrogen-bond donors (Lipinski definition) is 2. The maximum atomic E-state index is 9.40. The molecule has 2 nitrogen and oxygen atoms in total. The molecule has 0 amide bonds. The lowest BCUT2D eigenvalue weighted by molar-refractivity contribution is 0.471. The highest BCUT2D eigenvalue weighted by atomic mass is 16.3. The molecule has 1 aromatic rings. The molecule has 0 aliphatic rings. The number of aromatic hydroxyl groups is 1. The quantitative estimate of drug-likeness (QED) is 0.742. The van der Waals surface area contributed by atoms with Gasteiger partial charge in [-0.25, -0.2) is 0 Å².